The van der Waals surface area contributed by atoms with Gasteiger partial charge in [-0.25, -0.2) is 0 Å². The minimum atomic E-state index is -0.201. The number of nitrogens with one attached hydrogen (secondary N) is 1. The first-order valence-electron chi connectivity index (χ1n) is 8.60. The van der Waals surface area contributed by atoms with E-state index in [-0.39, 0.29) is 17.7 Å². The van der Waals surface area contributed by atoms with Crippen LogP contribution >= 0.6 is 0 Å². The second-order valence-electron chi connectivity index (χ2n) is 6.42. The van der Waals surface area contributed by atoms with Gasteiger partial charge in [0, 0.05) is 13.1 Å². The molecule has 2 aromatic rings. The summed E-state index contributed by atoms with van der Waals surface area (Å²) < 4.78 is 0. The zero-order valence-corrected chi connectivity index (χ0v) is 14.2. The van der Waals surface area contributed by atoms with Gasteiger partial charge in [-0.1, -0.05) is 42.5 Å². The largest absolute Gasteiger partial charge is 0.397 e. The number of hydrogen-bond donors (Lipinski definition) is 2. The van der Waals surface area contributed by atoms with E-state index < -0.39 is 0 Å². The fourth-order valence-corrected chi connectivity index (χ4v) is 3.15. The Morgan fingerprint density at radius 1 is 1.08 bits per heavy atom. The van der Waals surface area contributed by atoms with E-state index in [2.05, 4.69) is 5.32 Å². The standard InChI is InChI=1S/C20H23N3O2/c21-17-10-4-5-11-18(17)22-20(25)16-9-6-12-23(14-16)19(24)13-15-7-2-1-3-8-15/h1-5,7-8,10-11,16H,6,9,12-14,21H2,(H,22,25). The zero-order chi connectivity index (χ0) is 17.6. The van der Waals surface area contributed by atoms with Gasteiger partial charge in [-0.3, -0.25) is 9.59 Å². The highest BCUT2D eigenvalue weighted by atomic mass is 16.2. The van der Waals surface area contributed by atoms with Gasteiger partial charge >= 0.3 is 0 Å². The summed E-state index contributed by atoms with van der Waals surface area (Å²) in [6, 6.07) is 16.9. The number of likely N-dealkylation sites (tertiary alicyclic amines) is 1. The van der Waals surface area contributed by atoms with Crippen LogP contribution in [-0.4, -0.2) is 29.8 Å². The highest BCUT2D eigenvalue weighted by Gasteiger charge is 2.28. The number of amides is 2. The molecule has 2 amide bonds. The maximum atomic E-state index is 12.5. The summed E-state index contributed by atoms with van der Waals surface area (Å²) >= 11 is 0. The molecule has 5 heteroatoms. The van der Waals surface area contributed by atoms with Gasteiger partial charge in [0.25, 0.3) is 0 Å². The third-order valence-corrected chi connectivity index (χ3v) is 4.56. The van der Waals surface area contributed by atoms with Gasteiger partial charge < -0.3 is 16.0 Å². The molecule has 0 radical (unpaired) electrons. The molecule has 130 valence electrons. The number of para-hydroxylation sites is 2. The van der Waals surface area contributed by atoms with Crippen LogP contribution in [-0.2, 0) is 16.0 Å². The number of nitrogen functional groups attached to an aromatic ring is 1. The molecule has 0 saturated carbocycles. The Morgan fingerprint density at radius 2 is 1.80 bits per heavy atom. The average molecular weight is 337 g/mol. The van der Waals surface area contributed by atoms with Crippen molar-refractivity contribution in [1.29, 1.82) is 0 Å². The van der Waals surface area contributed by atoms with Crippen LogP contribution in [0.3, 0.4) is 0 Å². The van der Waals surface area contributed by atoms with Crippen LogP contribution < -0.4 is 11.1 Å². The summed E-state index contributed by atoms with van der Waals surface area (Å²) in [5.41, 5.74) is 8.05. The Hall–Kier alpha value is -2.82. The van der Waals surface area contributed by atoms with E-state index in [9.17, 15) is 9.59 Å². The molecule has 1 unspecified atom stereocenters. The number of rotatable bonds is 4. The normalized spacial score (nSPS) is 17.1. The maximum absolute atomic E-state index is 12.5. The smallest absolute Gasteiger partial charge is 0.229 e. The lowest BCUT2D eigenvalue weighted by atomic mass is 9.96. The molecule has 3 N–H and O–H groups in total. The Morgan fingerprint density at radius 3 is 2.56 bits per heavy atom. The Bertz CT molecular complexity index is 746. The molecule has 0 bridgehead atoms. The maximum Gasteiger partial charge on any atom is 0.229 e. The summed E-state index contributed by atoms with van der Waals surface area (Å²) in [7, 11) is 0. The minimum Gasteiger partial charge on any atom is -0.397 e. The molecule has 1 fully saturated rings. The van der Waals surface area contributed by atoms with Crippen molar-refractivity contribution in [3.63, 3.8) is 0 Å². The fraction of sp³-hybridized carbons (Fsp3) is 0.300. The second-order valence-corrected chi connectivity index (χ2v) is 6.42. The van der Waals surface area contributed by atoms with Crippen molar-refractivity contribution in [1.82, 2.24) is 4.90 Å². The summed E-state index contributed by atoms with van der Waals surface area (Å²) in [4.78, 5) is 26.9. The summed E-state index contributed by atoms with van der Waals surface area (Å²) in [6.45, 7) is 1.17. The van der Waals surface area contributed by atoms with Crippen molar-refractivity contribution in [3.8, 4) is 0 Å². The Labute approximate surface area is 147 Å². The number of nitrogens with two attached hydrogens (primary N) is 1. The van der Waals surface area contributed by atoms with E-state index in [1.807, 2.05) is 42.5 Å². The van der Waals surface area contributed by atoms with Crippen LogP contribution in [0.15, 0.2) is 54.6 Å². The summed E-state index contributed by atoms with van der Waals surface area (Å²) in [5.74, 6) is -0.203. The first-order valence-corrected chi connectivity index (χ1v) is 8.60. The number of carbonyl (C=O) groups is 2. The number of benzene rings is 2. The number of piperidine rings is 1. The monoisotopic (exact) mass is 337 g/mol. The lowest BCUT2D eigenvalue weighted by Crippen LogP contribution is -2.44. The lowest BCUT2D eigenvalue weighted by molar-refractivity contribution is -0.133. The molecular formula is C20H23N3O2. The summed E-state index contributed by atoms with van der Waals surface area (Å²) in [5, 5.41) is 2.89. The van der Waals surface area contributed by atoms with E-state index in [1.54, 1.807) is 17.0 Å². The predicted molar refractivity (Wildman–Crippen MR) is 98.9 cm³/mol. The van der Waals surface area contributed by atoms with Gasteiger partial charge in [-0.2, -0.15) is 0 Å². The van der Waals surface area contributed by atoms with E-state index in [0.29, 0.717) is 30.9 Å². The van der Waals surface area contributed by atoms with E-state index >= 15 is 0 Å². The second kappa shape index (κ2) is 7.83. The van der Waals surface area contributed by atoms with E-state index in [1.165, 1.54) is 0 Å². The van der Waals surface area contributed by atoms with Crippen LogP contribution in [0.2, 0.25) is 0 Å². The average Bonchev–Trinajstić information content (AvgIpc) is 2.64. The topological polar surface area (TPSA) is 75.4 Å². The van der Waals surface area contributed by atoms with Gasteiger partial charge in [-0.05, 0) is 30.5 Å². The van der Waals surface area contributed by atoms with Crippen LogP contribution in [0.5, 0.6) is 0 Å². The molecule has 3 rings (SSSR count). The van der Waals surface area contributed by atoms with Crippen LogP contribution in [0.1, 0.15) is 18.4 Å². The predicted octanol–water partition coefficient (Wildman–Crippen LogP) is 2.69. The molecule has 25 heavy (non-hydrogen) atoms. The molecule has 1 heterocycles. The molecule has 1 aliphatic rings. The number of nitrogens with zero attached hydrogens (tertiary/aromatic N) is 1. The van der Waals surface area contributed by atoms with Gasteiger partial charge in [0.1, 0.15) is 0 Å². The SMILES string of the molecule is Nc1ccccc1NC(=O)C1CCCN(C(=O)Cc2ccccc2)C1. The molecule has 0 aromatic heterocycles. The van der Waals surface area contributed by atoms with Crippen molar-refractivity contribution >= 4 is 23.2 Å². The quantitative estimate of drug-likeness (QED) is 0.842. The number of anilines is 2. The van der Waals surface area contributed by atoms with Crippen molar-refractivity contribution < 1.29 is 9.59 Å². The first kappa shape index (κ1) is 17.0. The third-order valence-electron chi connectivity index (χ3n) is 4.56. The molecule has 5 nitrogen and oxygen atoms in total. The van der Waals surface area contributed by atoms with E-state index in [0.717, 1.165) is 18.4 Å². The van der Waals surface area contributed by atoms with Crippen LogP contribution in [0.25, 0.3) is 0 Å². The van der Waals surface area contributed by atoms with Crippen LogP contribution in [0, 0.1) is 5.92 Å². The molecule has 1 aliphatic heterocycles. The van der Waals surface area contributed by atoms with E-state index in [4.69, 9.17) is 5.73 Å². The first-order chi connectivity index (χ1) is 12.1. The Balaban J connectivity index is 1.59. The van der Waals surface area contributed by atoms with Crippen molar-refractivity contribution in [3.05, 3.63) is 60.2 Å². The van der Waals surface area contributed by atoms with Gasteiger partial charge in [0.05, 0.1) is 23.7 Å². The van der Waals surface area contributed by atoms with Crippen molar-refractivity contribution in [2.75, 3.05) is 24.1 Å². The molecule has 1 atom stereocenters. The highest BCUT2D eigenvalue weighted by Crippen LogP contribution is 2.22. The van der Waals surface area contributed by atoms with Crippen molar-refractivity contribution in [2.24, 2.45) is 5.92 Å². The zero-order valence-electron chi connectivity index (χ0n) is 14.2. The molecule has 0 aliphatic carbocycles. The van der Waals surface area contributed by atoms with Gasteiger partial charge in [0.15, 0.2) is 0 Å². The summed E-state index contributed by atoms with van der Waals surface area (Å²) in [6.07, 6.45) is 2.00. The van der Waals surface area contributed by atoms with Gasteiger partial charge in [0.2, 0.25) is 11.8 Å². The fourth-order valence-electron chi connectivity index (χ4n) is 3.15. The molecule has 1 saturated heterocycles. The molecular weight excluding hydrogens is 314 g/mol. The molecule has 0 spiro atoms. The van der Waals surface area contributed by atoms with Crippen molar-refractivity contribution in [2.45, 2.75) is 19.3 Å². The lowest BCUT2D eigenvalue weighted by Gasteiger charge is -2.32. The molecule has 2 aromatic carbocycles. The number of hydrogen-bond acceptors (Lipinski definition) is 3. The third kappa shape index (κ3) is 4.38. The minimum absolute atomic E-state index is 0.0722. The van der Waals surface area contributed by atoms with Gasteiger partial charge in [-0.15, -0.1) is 0 Å². The Kier molecular flexibility index (Phi) is 5.33. The highest BCUT2D eigenvalue weighted by molar-refractivity contribution is 5.95. The number of carbonyl (C=O) groups excluding carboxylic acids is 2. The van der Waals surface area contributed by atoms with Crippen LogP contribution in [0.4, 0.5) is 11.4 Å².